The second-order valence-corrected chi connectivity index (χ2v) is 6.19. The van der Waals surface area contributed by atoms with Crippen molar-refractivity contribution in [2.45, 2.75) is 17.7 Å². The van der Waals surface area contributed by atoms with Crippen LogP contribution in [0.3, 0.4) is 0 Å². The van der Waals surface area contributed by atoms with Crippen molar-refractivity contribution in [1.82, 2.24) is 0 Å². The van der Waals surface area contributed by atoms with Gasteiger partial charge in [0.2, 0.25) is 11.7 Å². The lowest BCUT2D eigenvalue weighted by Gasteiger charge is -2.14. The number of anilines is 1. The normalized spacial score (nSPS) is 10.2. The molecule has 1 N–H and O–H groups in total. The summed E-state index contributed by atoms with van der Waals surface area (Å²) >= 11 is 1.67. The van der Waals surface area contributed by atoms with Gasteiger partial charge in [0, 0.05) is 17.0 Å². The first-order valence-electron chi connectivity index (χ1n) is 7.84. The molecular weight excluding hydrogens is 338 g/mol. The zero-order valence-corrected chi connectivity index (χ0v) is 15.7. The number of carbonyl (C=O) groups is 1. The lowest BCUT2D eigenvalue weighted by atomic mass is 10.1. The van der Waals surface area contributed by atoms with E-state index in [0.717, 1.165) is 16.1 Å². The molecule has 0 heterocycles. The van der Waals surface area contributed by atoms with E-state index in [0.29, 0.717) is 30.1 Å². The maximum absolute atomic E-state index is 12.2. The van der Waals surface area contributed by atoms with Crippen LogP contribution in [0.15, 0.2) is 41.3 Å². The van der Waals surface area contributed by atoms with Crippen molar-refractivity contribution in [2.24, 2.45) is 0 Å². The van der Waals surface area contributed by atoms with E-state index < -0.39 is 0 Å². The van der Waals surface area contributed by atoms with Gasteiger partial charge >= 0.3 is 0 Å². The maximum atomic E-state index is 12.2. The number of aryl methyl sites for hydroxylation is 1. The third-order valence-electron chi connectivity index (χ3n) is 3.74. The van der Waals surface area contributed by atoms with Crippen molar-refractivity contribution >= 4 is 23.4 Å². The first kappa shape index (κ1) is 19.0. The Hall–Kier alpha value is -2.34. The van der Waals surface area contributed by atoms with Crippen LogP contribution in [0, 0.1) is 0 Å². The number of benzene rings is 2. The Bertz CT molecular complexity index is 691. The Balaban J connectivity index is 2.01. The van der Waals surface area contributed by atoms with Crippen LogP contribution < -0.4 is 19.5 Å². The van der Waals surface area contributed by atoms with Gasteiger partial charge in [-0.05, 0) is 54.6 Å². The largest absolute Gasteiger partial charge is 0.493 e. The van der Waals surface area contributed by atoms with Crippen molar-refractivity contribution in [1.29, 1.82) is 0 Å². The first-order chi connectivity index (χ1) is 12.1. The van der Waals surface area contributed by atoms with Gasteiger partial charge in [-0.2, -0.15) is 0 Å². The van der Waals surface area contributed by atoms with Gasteiger partial charge in [0.25, 0.3) is 0 Å². The minimum Gasteiger partial charge on any atom is -0.493 e. The summed E-state index contributed by atoms with van der Waals surface area (Å²) in [5.74, 6) is 1.69. The molecule has 0 radical (unpaired) electrons. The van der Waals surface area contributed by atoms with E-state index in [1.165, 1.54) is 0 Å². The number of amides is 1. The standard InChI is InChI=1S/C19H23NO4S/c1-22-16-11-13(12-17(23-2)19(16)24-3)5-10-18(21)20-14-6-8-15(25-4)9-7-14/h6-9,11-12H,5,10H2,1-4H3,(H,20,21). The quantitative estimate of drug-likeness (QED) is 0.720. The first-order valence-corrected chi connectivity index (χ1v) is 9.06. The Morgan fingerprint density at radius 2 is 1.60 bits per heavy atom. The summed E-state index contributed by atoms with van der Waals surface area (Å²) in [4.78, 5) is 13.3. The minimum atomic E-state index is -0.0364. The topological polar surface area (TPSA) is 56.8 Å². The van der Waals surface area contributed by atoms with Crippen LogP contribution in [0.5, 0.6) is 17.2 Å². The molecule has 2 aromatic carbocycles. The molecule has 5 nitrogen and oxygen atoms in total. The SMILES string of the molecule is COc1cc(CCC(=O)Nc2ccc(SC)cc2)cc(OC)c1OC. The second-order valence-electron chi connectivity index (χ2n) is 5.31. The van der Waals surface area contributed by atoms with Crippen molar-refractivity contribution in [3.05, 3.63) is 42.0 Å². The fraction of sp³-hybridized carbons (Fsp3) is 0.316. The Kier molecular flexibility index (Phi) is 7.01. The molecule has 0 bridgehead atoms. The molecule has 0 unspecified atom stereocenters. The van der Waals surface area contributed by atoms with Crippen LogP contribution in [0.2, 0.25) is 0 Å². The smallest absolute Gasteiger partial charge is 0.224 e. The van der Waals surface area contributed by atoms with Gasteiger partial charge in [-0.1, -0.05) is 0 Å². The highest BCUT2D eigenvalue weighted by atomic mass is 32.2. The molecule has 0 aromatic heterocycles. The zero-order valence-electron chi connectivity index (χ0n) is 14.9. The summed E-state index contributed by atoms with van der Waals surface area (Å²) in [7, 11) is 4.72. The Morgan fingerprint density at radius 1 is 1.00 bits per heavy atom. The lowest BCUT2D eigenvalue weighted by molar-refractivity contribution is -0.116. The van der Waals surface area contributed by atoms with Crippen LogP contribution in [0.1, 0.15) is 12.0 Å². The molecule has 25 heavy (non-hydrogen) atoms. The molecule has 2 rings (SSSR count). The molecule has 0 aliphatic rings. The molecule has 0 fully saturated rings. The number of ether oxygens (including phenoxy) is 3. The third kappa shape index (κ3) is 5.06. The molecule has 6 heteroatoms. The van der Waals surface area contributed by atoms with Crippen LogP contribution in [0.25, 0.3) is 0 Å². The number of hydrogen-bond donors (Lipinski definition) is 1. The van der Waals surface area contributed by atoms with Gasteiger partial charge in [-0.15, -0.1) is 11.8 Å². The van der Waals surface area contributed by atoms with Crippen molar-refractivity contribution < 1.29 is 19.0 Å². The molecule has 134 valence electrons. The average Bonchev–Trinajstić information content (AvgIpc) is 2.65. The number of nitrogens with one attached hydrogen (secondary N) is 1. The van der Waals surface area contributed by atoms with Crippen molar-refractivity contribution in [3.63, 3.8) is 0 Å². The van der Waals surface area contributed by atoms with Crippen LogP contribution in [-0.2, 0) is 11.2 Å². The van der Waals surface area contributed by atoms with E-state index in [1.807, 2.05) is 42.7 Å². The van der Waals surface area contributed by atoms with E-state index in [1.54, 1.807) is 33.1 Å². The van der Waals surface area contributed by atoms with Gasteiger partial charge in [0.1, 0.15) is 0 Å². The molecule has 0 saturated heterocycles. The molecule has 0 spiro atoms. The number of rotatable bonds is 8. The monoisotopic (exact) mass is 361 g/mol. The summed E-state index contributed by atoms with van der Waals surface area (Å²) in [6.07, 6.45) is 2.96. The van der Waals surface area contributed by atoms with E-state index in [9.17, 15) is 4.79 Å². The van der Waals surface area contributed by atoms with Crippen LogP contribution in [-0.4, -0.2) is 33.5 Å². The van der Waals surface area contributed by atoms with Gasteiger partial charge in [0.05, 0.1) is 21.3 Å². The summed E-state index contributed by atoms with van der Waals surface area (Å²) in [5.41, 5.74) is 1.75. The van der Waals surface area contributed by atoms with E-state index in [2.05, 4.69) is 5.32 Å². The highest BCUT2D eigenvalue weighted by Gasteiger charge is 2.14. The predicted molar refractivity (Wildman–Crippen MR) is 101 cm³/mol. The molecule has 0 atom stereocenters. The molecule has 0 aliphatic carbocycles. The van der Waals surface area contributed by atoms with Gasteiger partial charge in [-0.3, -0.25) is 4.79 Å². The highest BCUT2D eigenvalue weighted by molar-refractivity contribution is 7.98. The summed E-state index contributed by atoms with van der Waals surface area (Å²) in [5, 5.41) is 2.91. The third-order valence-corrected chi connectivity index (χ3v) is 4.48. The maximum Gasteiger partial charge on any atom is 0.224 e. The fourth-order valence-corrected chi connectivity index (χ4v) is 2.84. The Morgan fingerprint density at radius 3 is 2.08 bits per heavy atom. The Labute approximate surface area is 152 Å². The molecular formula is C19H23NO4S. The fourth-order valence-electron chi connectivity index (χ4n) is 2.44. The van der Waals surface area contributed by atoms with E-state index in [-0.39, 0.29) is 5.91 Å². The lowest BCUT2D eigenvalue weighted by Crippen LogP contribution is -2.12. The van der Waals surface area contributed by atoms with Crippen LogP contribution >= 0.6 is 11.8 Å². The molecule has 0 saturated carbocycles. The second kappa shape index (κ2) is 9.22. The van der Waals surface area contributed by atoms with E-state index in [4.69, 9.17) is 14.2 Å². The molecule has 1 amide bonds. The molecule has 0 aliphatic heterocycles. The minimum absolute atomic E-state index is 0.0364. The van der Waals surface area contributed by atoms with Crippen molar-refractivity contribution in [3.8, 4) is 17.2 Å². The predicted octanol–water partition coefficient (Wildman–Crippen LogP) is 4.01. The number of methoxy groups -OCH3 is 3. The average molecular weight is 361 g/mol. The summed E-state index contributed by atoms with van der Waals surface area (Å²) in [6, 6.07) is 11.5. The van der Waals surface area contributed by atoms with Gasteiger partial charge in [-0.25, -0.2) is 0 Å². The molecule has 2 aromatic rings. The number of carbonyl (C=O) groups excluding carboxylic acids is 1. The number of thioether (sulfide) groups is 1. The zero-order chi connectivity index (χ0) is 18.2. The summed E-state index contributed by atoms with van der Waals surface area (Å²) in [6.45, 7) is 0. The highest BCUT2D eigenvalue weighted by Crippen LogP contribution is 2.38. The van der Waals surface area contributed by atoms with Gasteiger partial charge in [0.15, 0.2) is 11.5 Å². The summed E-state index contributed by atoms with van der Waals surface area (Å²) < 4.78 is 16.0. The van der Waals surface area contributed by atoms with Gasteiger partial charge < -0.3 is 19.5 Å². The van der Waals surface area contributed by atoms with Crippen molar-refractivity contribution in [2.75, 3.05) is 32.9 Å². The van der Waals surface area contributed by atoms with E-state index >= 15 is 0 Å². The number of hydrogen-bond acceptors (Lipinski definition) is 5. The van der Waals surface area contributed by atoms with Crippen LogP contribution in [0.4, 0.5) is 5.69 Å².